The maximum Gasteiger partial charge on any atom is 0.128 e. The Morgan fingerprint density at radius 1 is 1.31 bits per heavy atom. The first kappa shape index (κ1) is 11.5. The second-order valence-corrected chi connectivity index (χ2v) is 4.70. The van der Waals surface area contributed by atoms with E-state index in [2.05, 4.69) is 5.32 Å². The van der Waals surface area contributed by atoms with Gasteiger partial charge in [-0.3, -0.25) is 0 Å². The highest BCUT2D eigenvalue weighted by molar-refractivity contribution is 5.27. The zero-order valence-electron chi connectivity index (χ0n) is 9.69. The summed E-state index contributed by atoms with van der Waals surface area (Å²) in [5, 5.41) is 3.24. The third-order valence-electron chi connectivity index (χ3n) is 3.15. The van der Waals surface area contributed by atoms with E-state index in [0.29, 0.717) is 11.1 Å². The lowest BCUT2D eigenvalue weighted by molar-refractivity contribution is 0.506. The number of aryl methyl sites for hydroxylation is 1. The van der Waals surface area contributed by atoms with Crippen LogP contribution in [-0.2, 0) is 0 Å². The highest BCUT2D eigenvalue weighted by atomic mass is 19.1. The van der Waals surface area contributed by atoms with Gasteiger partial charge in [-0.25, -0.2) is 8.78 Å². The number of halogens is 2. The van der Waals surface area contributed by atoms with Crippen LogP contribution in [0.5, 0.6) is 0 Å². The fourth-order valence-electron chi connectivity index (χ4n) is 1.77. The van der Waals surface area contributed by atoms with Gasteiger partial charge in [0.2, 0.25) is 0 Å². The summed E-state index contributed by atoms with van der Waals surface area (Å²) in [7, 11) is 0. The molecular weight excluding hydrogens is 208 g/mol. The molecular formula is C13H17F2N. The molecule has 0 radical (unpaired) electrons. The summed E-state index contributed by atoms with van der Waals surface area (Å²) in [5.41, 5.74) is 0.777. The molecule has 1 aromatic rings. The summed E-state index contributed by atoms with van der Waals surface area (Å²) in [4.78, 5) is 0. The molecule has 0 heterocycles. The third-order valence-corrected chi connectivity index (χ3v) is 3.15. The van der Waals surface area contributed by atoms with E-state index in [9.17, 15) is 8.78 Å². The quantitative estimate of drug-likeness (QED) is 0.828. The van der Waals surface area contributed by atoms with Crippen LogP contribution in [0.25, 0.3) is 0 Å². The van der Waals surface area contributed by atoms with Gasteiger partial charge in [0, 0.05) is 11.6 Å². The Morgan fingerprint density at radius 3 is 2.62 bits per heavy atom. The number of benzene rings is 1. The Kier molecular flexibility index (Phi) is 3.24. The minimum Gasteiger partial charge on any atom is -0.310 e. The molecule has 0 amide bonds. The van der Waals surface area contributed by atoms with E-state index in [1.807, 2.05) is 6.92 Å². The van der Waals surface area contributed by atoms with Crippen LogP contribution in [0.15, 0.2) is 12.1 Å². The molecule has 1 saturated carbocycles. The zero-order chi connectivity index (χ0) is 11.7. The molecule has 1 fully saturated rings. The lowest BCUT2D eigenvalue weighted by Crippen LogP contribution is -2.22. The topological polar surface area (TPSA) is 12.0 Å². The second-order valence-electron chi connectivity index (χ2n) is 4.70. The van der Waals surface area contributed by atoms with Crippen molar-refractivity contribution in [2.24, 2.45) is 5.92 Å². The predicted octanol–water partition coefficient (Wildman–Crippen LogP) is 3.33. The molecule has 1 aliphatic carbocycles. The highest BCUT2D eigenvalue weighted by Gasteiger charge is 2.22. The minimum absolute atomic E-state index is 0.129. The first-order valence-corrected chi connectivity index (χ1v) is 5.77. The van der Waals surface area contributed by atoms with Crippen LogP contribution in [0, 0.1) is 24.5 Å². The van der Waals surface area contributed by atoms with E-state index in [1.54, 1.807) is 6.92 Å². The van der Waals surface area contributed by atoms with Gasteiger partial charge in [0.05, 0.1) is 0 Å². The van der Waals surface area contributed by atoms with Gasteiger partial charge in [-0.15, -0.1) is 0 Å². The lowest BCUT2D eigenvalue weighted by atomic mass is 10.0. The molecule has 0 aliphatic heterocycles. The fraction of sp³-hybridized carbons (Fsp3) is 0.538. The zero-order valence-corrected chi connectivity index (χ0v) is 9.69. The van der Waals surface area contributed by atoms with Crippen LogP contribution in [0.3, 0.4) is 0 Å². The van der Waals surface area contributed by atoms with E-state index in [1.165, 1.54) is 25.0 Å². The van der Waals surface area contributed by atoms with Crippen molar-refractivity contribution in [2.75, 3.05) is 6.54 Å². The van der Waals surface area contributed by atoms with E-state index in [-0.39, 0.29) is 17.7 Å². The van der Waals surface area contributed by atoms with Crippen LogP contribution >= 0.6 is 0 Å². The monoisotopic (exact) mass is 225 g/mol. The molecule has 0 bridgehead atoms. The summed E-state index contributed by atoms with van der Waals surface area (Å²) in [6.45, 7) is 4.34. The first-order valence-electron chi connectivity index (χ1n) is 5.77. The van der Waals surface area contributed by atoms with Gasteiger partial charge < -0.3 is 5.32 Å². The molecule has 16 heavy (non-hydrogen) atoms. The van der Waals surface area contributed by atoms with Gasteiger partial charge in [-0.2, -0.15) is 0 Å². The summed E-state index contributed by atoms with van der Waals surface area (Å²) in [6.07, 6.45) is 2.51. The van der Waals surface area contributed by atoms with Crippen molar-refractivity contribution in [1.82, 2.24) is 5.32 Å². The predicted molar refractivity (Wildman–Crippen MR) is 60.2 cm³/mol. The summed E-state index contributed by atoms with van der Waals surface area (Å²) in [5.74, 6) is 0.0759. The Bertz CT molecular complexity index is 386. The van der Waals surface area contributed by atoms with Gasteiger partial charge in [0.25, 0.3) is 0 Å². The molecule has 0 aromatic heterocycles. The lowest BCUT2D eigenvalue weighted by Gasteiger charge is -2.15. The van der Waals surface area contributed by atoms with E-state index in [0.717, 1.165) is 12.5 Å². The molecule has 1 aromatic carbocycles. The molecule has 1 atom stereocenters. The minimum atomic E-state index is -0.337. The van der Waals surface area contributed by atoms with Crippen LogP contribution in [0.2, 0.25) is 0 Å². The number of hydrogen-bond acceptors (Lipinski definition) is 1. The van der Waals surface area contributed by atoms with Crippen molar-refractivity contribution in [3.05, 3.63) is 34.9 Å². The van der Waals surface area contributed by atoms with Crippen molar-refractivity contribution in [3.63, 3.8) is 0 Å². The standard InChI is InChI=1S/C13H17F2N/c1-8-5-13(15)11(6-12(8)14)9(2)16-7-10-3-4-10/h5-6,9-10,16H,3-4,7H2,1-2H3. The second kappa shape index (κ2) is 4.50. The summed E-state index contributed by atoms with van der Waals surface area (Å²) < 4.78 is 27.0. The Morgan fingerprint density at radius 2 is 2.00 bits per heavy atom. The Labute approximate surface area is 94.9 Å². The van der Waals surface area contributed by atoms with E-state index < -0.39 is 0 Å². The smallest absolute Gasteiger partial charge is 0.128 e. The Balaban J connectivity index is 2.08. The summed E-state index contributed by atoms with van der Waals surface area (Å²) in [6, 6.07) is 2.44. The van der Waals surface area contributed by atoms with Crippen LogP contribution in [-0.4, -0.2) is 6.54 Å². The average Bonchev–Trinajstić information content (AvgIpc) is 3.03. The van der Waals surface area contributed by atoms with Crippen LogP contribution < -0.4 is 5.32 Å². The van der Waals surface area contributed by atoms with Gasteiger partial charge in [-0.05, 0) is 56.8 Å². The maximum atomic E-state index is 13.6. The Hall–Kier alpha value is -0.960. The fourth-order valence-corrected chi connectivity index (χ4v) is 1.77. The molecule has 2 rings (SSSR count). The van der Waals surface area contributed by atoms with E-state index >= 15 is 0 Å². The van der Waals surface area contributed by atoms with Crippen LogP contribution in [0.1, 0.15) is 36.9 Å². The molecule has 0 saturated heterocycles. The molecule has 1 unspecified atom stereocenters. The van der Waals surface area contributed by atoms with Gasteiger partial charge in [0.1, 0.15) is 11.6 Å². The van der Waals surface area contributed by atoms with Crippen LogP contribution in [0.4, 0.5) is 8.78 Å². The average molecular weight is 225 g/mol. The third kappa shape index (κ3) is 2.59. The molecule has 1 aliphatic rings. The highest BCUT2D eigenvalue weighted by Crippen LogP contribution is 2.29. The SMILES string of the molecule is Cc1cc(F)c(C(C)NCC2CC2)cc1F. The molecule has 0 spiro atoms. The van der Waals surface area contributed by atoms with Gasteiger partial charge >= 0.3 is 0 Å². The van der Waals surface area contributed by atoms with Crippen molar-refractivity contribution >= 4 is 0 Å². The van der Waals surface area contributed by atoms with Crippen molar-refractivity contribution < 1.29 is 8.78 Å². The van der Waals surface area contributed by atoms with Gasteiger partial charge in [-0.1, -0.05) is 0 Å². The van der Waals surface area contributed by atoms with E-state index in [4.69, 9.17) is 0 Å². The number of hydrogen-bond donors (Lipinski definition) is 1. The largest absolute Gasteiger partial charge is 0.310 e. The normalized spacial score (nSPS) is 17.5. The summed E-state index contributed by atoms with van der Waals surface area (Å²) >= 11 is 0. The molecule has 1 N–H and O–H groups in total. The molecule has 1 nitrogen and oxygen atoms in total. The molecule has 88 valence electrons. The number of nitrogens with one attached hydrogen (secondary N) is 1. The van der Waals surface area contributed by atoms with Gasteiger partial charge in [0.15, 0.2) is 0 Å². The number of rotatable bonds is 4. The van der Waals surface area contributed by atoms with Crippen molar-refractivity contribution in [1.29, 1.82) is 0 Å². The molecule has 3 heteroatoms. The maximum absolute atomic E-state index is 13.6. The van der Waals surface area contributed by atoms with Crippen molar-refractivity contribution in [3.8, 4) is 0 Å². The van der Waals surface area contributed by atoms with Crippen molar-refractivity contribution in [2.45, 2.75) is 32.7 Å². The first-order chi connectivity index (χ1) is 7.58.